The van der Waals surface area contributed by atoms with Gasteiger partial charge < -0.3 is 39.8 Å². The topological polar surface area (TPSA) is 212 Å². The molecule has 16 heteroatoms. The maximum atomic E-state index is 11.7. The molecule has 0 unspecified atom stereocenters. The first-order valence-corrected chi connectivity index (χ1v) is 14.5. The summed E-state index contributed by atoms with van der Waals surface area (Å²) in [5.74, 6) is -3.29. The minimum atomic E-state index is -4.64. The molecule has 0 amide bonds. The Bertz CT molecular complexity index is 1010. The van der Waals surface area contributed by atoms with E-state index in [4.69, 9.17) is 4.74 Å². The first kappa shape index (κ1) is 33.4. The molecule has 1 aliphatic rings. The smallest absolute Gasteiger partial charge is 0.360 e. The van der Waals surface area contributed by atoms with Crippen molar-refractivity contribution in [2.24, 2.45) is 0 Å². The molecule has 1 heterocycles. The van der Waals surface area contributed by atoms with Crippen LogP contribution in [0.3, 0.4) is 0 Å². The molecule has 40 heavy (non-hydrogen) atoms. The number of ether oxygens (including phenoxy) is 1. The van der Waals surface area contributed by atoms with Crippen LogP contribution >= 0.6 is 7.60 Å². The first-order valence-electron chi connectivity index (χ1n) is 12.9. The van der Waals surface area contributed by atoms with Crippen LogP contribution in [0.1, 0.15) is 12.8 Å². The van der Waals surface area contributed by atoms with Crippen molar-refractivity contribution < 1.29 is 53.9 Å². The van der Waals surface area contributed by atoms with Gasteiger partial charge in [-0.3, -0.25) is 33.6 Å². The van der Waals surface area contributed by atoms with Crippen molar-refractivity contribution in [3.63, 3.8) is 0 Å². The normalized spacial score (nSPS) is 17.6. The number of hydrogen-bond acceptors (Lipinski definition) is 10. The molecule has 0 bridgehead atoms. The molecule has 1 aromatic rings. The average molecular weight is 591 g/mol. The zero-order valence-corrected chi connectivity index (χ0v) is 23.2. The fourth-order valence-electron chi connectivity index (χ4n) is 4.33. The Morgan fingerprint density at radius 2 is 1.15 bits per heavy atom. The van der Waals surface area contributed by atoms with Gasteiger partial charge in [-0.05, 0) is 37.6 Å². The molecule has 0 spiro atoms. The van der Waals surface area contributed by atoms with E-state index in [2.05, 4.69) is 4.90 Å². The Labute approximate surface area is 232 Å². The highest BCUT2D eigenvalue weighted by molar-refractivity contribution is 7.60. The maximum Gasteiger partial charge on any atom is 0.360 e. The molecule has 0 aromatic heterocycles. The second-order valence-electron chi connectivity index (χ2n) is 9.60. The lowest BCUT2D eigenvalue weighted by molar-refractivity contribution is -0.140. The van der Waals surface area contributed by atoms with Crippen LogP contribution in [0.15, 0.2) is 18.2 Å². The van der Waals surface area contributed by atoms with Crippen LogP contribution < -0.4 is 10.0 Å². The summed E-state index contributed by atoms with van der Waals surface area (Å²) in [5, 5.41) is 37.0. The van der Waals surface area contributed by atoms with Gasteiger partial charge in [0, 0.05) is 52.4 Å². The van der Waals surface area contributed by atoms with Gasteiger partial charge in [-0.25, -0.2) is 0 Å². The van der Waals surface area contributed by atoms with Gasteiger partial charge in [-0.15, -0.1) is 0 Å². The Kier molecular flexibility index (Phi) is 13.8. The Morgan fingerprint density at radius 1 is 0.725 bits per heavy atom. The predicted molar refractivity (Wildman–Crippen MR) is 143 cm³/mol. The standard InChI is InChI=1S/C24H39N4O11P/c29-19-3-4-20(21(15-19)40(36,37)38)39-14-2-1-5-25-6-8-26(16-22(30)31)10-12-28(18-24(34)35)13-11-27(9-7-25)17-23(32)33/h3-4,15,29H,1-2,5-14,16-18H2,(H,30,31)(H,32,33)(H,34,35)(H2,36,37,38). The van der Waals surface area contributed by atoms with Crippen molar-refractivity contribution >= 4 is 30.8 Å². The first-order chi connectivity index (χ1) is 18.8. The summed E-state index contributed by atoms with van der Waals surface area (Å²) in [6.45, 7) is 3.34. The van der Waals surface area contributed by atoms with E-state index < -0.39 is 30.8 Å². The van der Waals surface area contributed by atoms with Crippen LogP contribution in [0.25, 0.3) is 0 Å². The number of carbonyl (C=O) groups is 3. The molecule has 0 saturated carbocycles. The van der Waals surface area contributed by atoms with E-state index in [0.29, 0.717) is 71.7 Å². The summed E-state index contributed by atoms with van der Waals surface area (Å²) in [6.07, 6.45) is 1.19. The number of carboxylic acid groups (broad SMARTS) is 3. The molecule has 226 valence electrons. The molecule has 1 aromatic carbocycles. The van der Waals surface area contributed by atoms with Gasteiger partial charge in [0.05, 0.1) is 26.2 Å². The fourth-order valence-corrected chi connectivity index (χ4v) is 5.05. The molecular weight excluding hydrogens is 551 g/mol. The number of unbranched alkanes of at least 4 members (excludes halogenated alkanes) is 1. The molecule has 1 saturated heterocycles. The summed E-state index contributed by atoms with van der Waals surface area (Å²) in [4.78, 5) is 60.4. The molecule has 1 aliphatic heterocycles. The van der Waals surface area contributed by atoms with Gasteiger partial charge in [-0.1, -0.05) is 0 Å². The summed E-state index contributed by atoms with van der Waals surface area (Å²) < 4.78 is 17.3. The number of phenolic OH excluding ortho intramolecular Hbond substituents is 1. The minimum absolute atomic E-state index is 0.0111. The highest BCUT2D eigenvalue weighted by atomic mass is 31.2. The van der Waals surface area contributed by atoms with Crippen LogP contribution in [-0.4, -0.2) is 153 Å². The molecular formula is C24H39N4O11P. The maximum absolute atomic E-state index is 11.7. The Hall–Kier alpha value is -2.78. The summed E-state index contributed by atoms with van der Waals surface area (Å²) >= 11 is 0. The van der Waals surface area contributed by atoms with Gasteiger partial charge in [0.25, 0.3) is 0 Å². The molecule has 15 nitrogen and oxygen atoms in total. The SMILES string of the molecule is O=C(O)CN1CCN(CCCCOc2ccc(O)cc2P(=O)(O)O)CCN(CC(=O)O)CCN(CC(=O)O)CC1. The van der Waals surface area contributed by atoms with Gasteiger partial charge in [-0.2, -0.15) is 0 Å². The van der Waals surface area contributed by atoms with Crippen LogP contribution in [0.4, 0.5) is 0 Å². The van der Waals surface area contributed by atoms with Crippen molar-refractivity contribution in [3.05, 3.63) is 18.2 Å². The number of aliphatic carboxylic acids is 3. The molecule has 1 fully saturated rings. The van der Waals surface area contributed by atoms with Gasteiger partial charge in [0.1, 0.15) is 16.8 Å². The zero-order valence-electron chi connectivity index (χ0n) is 22.3. The van der Waals surface area contributed by atoms with Crippen molar-refractivity contribution in [2.75, 3.05) is 85.1 Å². The van der Waals surface area contributed by atoms with Gasteiger partial charge in [0.15, 0.2) is 0 Å². The van der Waals surface area contributed by atoms with Crippen LogP contribution in [0, 0.1) is 0 Å². The third-order valence-electron chi connectivity index (χ3n) is 6.39. The Morgan fingerprint density at radius 3 is 1.55 bits per heavy atom. The third-order valence-corrected chi connectivity index (χ3v) is 7.37. The highest BCUT2D eigenvalue weighted by Crippen LogP contribution is 2.38. The highest BCUT2D eigenvalue weighted by Gasteiger charge is 2.24. The van der Waals surface area contributed by atoms with Crippen LogP contribution in [0.2, 0.25) is 0 Å². The molecule has 2 rings (SSSR count). The quantitative estimate of drug-likeness (QED) is 0.118. The largest absolute Gasteiger partial charge is 0.508 e. The summed E-state index contributed by atoms with van der Waals surface area (Å²) in [7, 11) is -4.64. The zero-order chi connectivity index (χ0) is 29.7. The minimum Gasteiger partial charge on any atom is -0.508 e. The lowest BCUT2D eigenvalue weighted by Gasteiger charge is -2.33. The molecule has 0 radical (unpaired) electrons. The van der Waals surface area contributed by atoms with Crippen molar-refractivity contribution in [2.45, 2.75) is 12.8 Å². The van der Waals surface area contributed by atoms with E-state index in [1.165, 1.54) is 12.1 Å². The number of hydrogen-bond donors (Lipinski definition) is 6. The average Bonchev–Trinajstić information content (AvgIpc) is 2.84. The number of rotatable bonds is 13. The second kappa shape index (κ2) is 16.5. The van der Waals surface area contributed by atoms with Crippen LogP contribution in [0.5, 0.6) is 11.5 Å². The van der Waals surface area contributed by atoms with Gasteiger partial charge >= 0.3 is 25.5 Å². The fraction of sp³-hybridized carbons (Fsp3) is 0.625. The molecule has 6 N–H and O–H groups in total. The van der Waals surface area contributed by atoms with E-state index in [1.54, 1.807) is 14.7 Å². The number of nitrogens with zero attached hydrogens (tertiary/aromatic N) is 4. The van der Waals surface area contributed by atoms with Crippen LogP contribution in [-0.2, 0) is 18.9 Å². The number of aromatic hydroxyl groups is 1. The molecule has 0 atom stereocenters. The van der Waals surface area contributed by atoms with E-state index in [-0.39, 0.29) is 37.7 Å². The van der Waals surface area contributed by atoms with Gasteiger partial charge in [0.2, 0.25) is 0 Å². The van der Waals surface area contributed by atoms with Crippen molar-refractivity contribution in [3.8, 4) is 11.5 Å². The lowest BCUT2D eigenvalue weighted by atomic mass is 10.2. The number of benzene rings is 1. The van der Waals surface area contributed by atoms with Crippen molar-refractivity contribution in [1.29, 1.82) is 0 Å². The van der Waals surface area contributed by atoms with E-state index in [9.17, 15) is 49.2 Å². The summed E-state index contributed by atoms with van der Waals surface area (Å²) in [5.41, 5.74) is 0. The number of phenols is 1. The number of carboxylic acids is 3. The summed E-state index contributed by atoms with van der Waals surface area (Å²) in [6, 6.07) is 3.54. The molecule has 0 aliphatic carbocycles. The van der Waals surface area contributed by atoms with E-state index in [1.807, 2.05) is 0 Å². The predicted octanol–water partition coefficient (Wildman–Crippen LogP) is -1.17. The van der Waals surface area contributed by atoms with E-state index >= 15 is 0 Å². The second-order valence-corrected chi connectivity index (χ2v) is 11.2. The van der Waals surface area contributed by atoms with Crippen molar-refractivity contribution in [1.82, 2.24) is 19.6 Å². The monoisotopic (exact) mass is 590 g/mol. The Balaban J connectivity index is 2.01. The third kappa shape index (κ3) is 13.0. The lowest BCUT2D eigenvalue weighted by Crippen LogP contribution is -2.48. The van der Waals surface area contributed by atoms with E-state index in [0.717, 1.165) is 6.07 Å².